The van der Waals surface area contributed by atoms with Crippen molar-refractivity contribution in [2.45, 2.75) is 13.3 Å². The van der Waals surface area contributed by atoms with Crippen LogP contribution in [0.15, 0.2) is 24.3 Å². The number of carboxylic acids is 1. The molecule has 1 aliphatic rings. The maximum atomic E-state index is 12.3. The van der Waals surface area contributed by atoms with Crippen molar-refractivity contribution < 1.29 is 14.7 Å². The van der Waals surface area contributed by atoms with E-state index < -0.39 is 11.9 Å². The number of amides is 2. The molecule has 0 aromatic heterocycles. The van der Waals surface area contributed by atoms with Gasteiger partial charge >= 0.3 is 12.0 Å². The summed E-state index contributed by atoms with van der Waals surface area (Å²) in [5, 5.41) is 11.7. The van der Waals surface area contributed by atoms with E-state index in [1.165, 1.54) is 0 Å². The average molecular weight is 291 g/mol. The summed E-state index contributed by atoms with van der Waals surface area (Å²) in [5.74, 6) is -1.42. The van der Waals surface area contributed by atoms with Crippen LogP contribution >= 0.6 is 0 Å². The monoisotopic (exact) mass is 291 g/mol. The Morgan fingerprint density at radius 2 is 1.95 bits per heavy atom. The SMILES string of the molecule is CCC(CNC(=O)N1CCN(C)c2ccccc21)C(=O)O. The highest BCUT2D eigenvalue weighted by Gasteiger charge is 2.25. The van der Waals surface area contributed by atoms with Crippen molar-refractivity contribution in [3.8, 4) is 0 Å². The topological polar surface area (TPSA) is 72.9 Å². The Hall–Kier alpha value is -2.24. The molecule has 2 amide bonds. The fourth-order valence-electron chi connectivity index (χ4n) is 2.43. The van der Waals surface area contributed by atoms with Gasteiger partial charge in [0, 0.05) is 26.7 Å². The van der Waals surface area contributed by atoms with Crippen molar-refractivity contribution >= 4 is 23.4 Å². The summed E-state index contributed by atoms with van der Waals surface area (Å²) in [6.45, 7) is 3.29. The van der Waals surface area contributed by atoms with Crippen LogP contribution in [0.4, 0.5) is 16.2 Å². The minimum absolute atomic E-state index is 0.152. The highest BCUT2D eigenvalue weighted by atomic mass is 16.4. The lowest BCUT2D eigenvalue weighted by Crippen LogP contribution is -2.48. The van der Waals surface area contributed by atoms with Crippen LogP contribution in [0, 0.1) is 5.92 Å². The van der Waals surface area contributed by atoms with E-state index in [2.05, 4.69) is 10.2 Å². The third kappa shape index (κ3) is 3.26. The predicted octanol–water partition coefficient (Wildman–Crippen LogP) is 1.76. The van der Waals surface area contributed by atoms with Gasteiger partial charge in [0.05, 0.1) is 17.3 Å². The van der Waals surface area contributed by atoms with Crippen LogP contribution in [0.3, 0.4) is 0 Å². The minimum Gasteiger partial charge on any atom is -0.481 e. The number of hydrogen-bond acceptors (Lipinski definition) is 3. The summed E-state index contributed by atoms with van der Waals surface area (Å²) in [6, 6.07) is 7.47. The molecule has 0 saturated carbocycles. The molecule has 1 aromatic carbocycles. The maximum Gasteiger partial charge on any atom is 0.322 e. The number of aliphatic carboxylic acids is 1. The molecule has 2 rings (SSSR count). The Bertz CT molecular complexity index is 533. The van der Waals surface area contributed by atoms with Crippen LogP contribution in [0.2, 0.25) is 0 Å². The average Bonchev–Trinajstić information content (AvgIpc) is 2.48. The van der Waals surface area contributed by atoms with E-state index in [1.807, 2.05) is 31.3 Å². The van der Waals surface area contributed by atoms with Crippen molar-refractivity contribution in [1.82, 2.24) is 5.32 Å². The zero-order valence-electron chi connectivity index (χ0n) is 12.4. The number of carboxylic acid groups (broad SMARTS) is 1. The lowest BCUT2D eigenvalue weighted by Gasteiger charge is -2.35. The second-order valence-electron chi connectivity index (χ2n) is 5.19. The zero-order valence-corrected chi connectivity index (χ0v) is 12.4. The molecule has 2 N–H and O–H groups in total. The molecule has 0 spiro atoms. The largest absolute Gasteiger partial charge is 0.481 e. The molecule has 0 saturated heterocycles. The number of nitrogens with one attached hydrogen (secondary N) is 1. The minimum atomic E-state index is -0.878. The first-order chi connectivity index (χ1) is 10.0. The number of fused-ring (bicyclic) bond motifs is 1. The van der Waals surface area contributed by atoms with Gasteiger partial charge in [-0.15, -0.1) is 0 Å². The third-order valence-corrected chi connectivity index (χ3v) is 3.83. The number of anilines is 2. The molecule has 0 radical (unpaired) electrons. The Balaban J connectivity index is 2.07. The van der Waals surface area contributed by atoms with Crippen LogP contribution in [-0.2, 0) is 4.79 Å². The lowest BCUT2D eigenvalue weighted by atomic mass is 10.1. The molecule has 1 heterocycles. The van der Waals surface area contributed by atoms with E-state index in [9.17, 15) is 9.59 Å². The number of hydrogen-bond donors (Lipinski definition) is 2. The summed E-state index contributed by atoms with van der Waals surface area (Å²) in [5.41, 5.74) is 1.86. The molecule has 6 heteroatoms. The molecule has 0 aliphatic carbocycles. The molecule has 0 bridgehead atoms. The molecular formula is C15H21N3O3. The summed E-state index contributed by atoms with van der Waals surface area (Å²) >= 11 is 0. The predicted molar refractivity (Wildman–Crippen MR) is 81.9 cm³/mol. The number of carbonyl (C=O) groups excluding carboxylic acids is 1. The highest BCUT2D eigenvalue weighted by Crippen LogP contribution is 2.31. The van der Waals surface area contributed by atoms with Gasteiger partial charge in [-0.3, -0.25) is 9.69 Å². The summed E-state index contributed by atoms with van der Waals surface area (Å²) in [6.07, 6.45) is 0.495. The zero-order chi connectivity index (χ0) is 15.4. The van der Waals surface area contributed by atoms with Crippen molar-refractivity contribution in [2.24, 2.45) is 5.92 Å². The van der Waals surface area contributed by atoms with Gasteiger partial charge in [-0.1, -0.05) is 19.1 Å². The van der Waals surface area contributed by atoms with Crippen LogP contribution in [0.25, 0.3) is 0 Å². The molecule has 1 unspecified atom stereocenters. The van der Waals surface area contributed by atoms with Gasteiger partial charge in [0.15, 0.2) is 0 Å². The Morgan fingerprint density at radius 3 is 2.57 bits per heavy atom. The maximum absolute atomic E-state index is 12.3. The molecule has 1 aromatic rings. The van der Waals surface area contributed by atoms with E-state index in [0.717, 1.165) is 17.9 Å². The van der Waals surface area contributed by atoms with Crippen molar-refractivity contribution in [3.63, 3.8) is 0 Å². The van der Waals surface area contributed by atoms with E-state index in [1.54, 1.807) is 11.8 Å². The van der Waals surface area contributed by atoms with Gasteiger partial charge < -0.3 is 15.3 Å². The van der Waals surface area contributed by atoms with Gasteiger partial charge in [0.25, 0.3) is 0 Å². The van der Waals surface area contributed by atoms with Crippen molar-refractivity contribution in [3.05, 3.63) is 24.3 Å². The number of nitrogens with zero attached hydrogens (tertiary/aromatic N) is 2. The first kappa shape index (κ1) is 15.2. The van der Waals surface area contributed by atoms with Crippen LogP contribution in [-0.4, -0.2) is 43.8 Å². The molecular weight excluding hydrogens is 270 g/mol. The first-order valence-corrected chi connectivity index (χ1v) is 7.13. The molecule has 1 atom stereocenters. The van der Waals surface area contributed by atoms with Gasteiger partial charge in [0.2, 0.25) is 0 Å². The first-order valence-electron chi connectivity index (χ1n) is 7.13. The molecule has 1 aliphatic heterocycles. The lowest BCUT2D eigenvalue weighted by molar-refractivity contribution is -0.141. The molecule has 21 heavy (non-hydrogen) atoms. The number of para-hydroxylation sites is 2. The molecule has 0 fully saturated rings. The normalized spacial score (nSPS) is 15.3. The summed E-state index contributed by atoms with van der Waals surface area (Å²) in [4.78, 5) is 27.1. The molecule has 6 nitrogen and oxygen atoms in total. The number of rotatable bonds is 4. The number of likely N-dealkylation sites (N-methyl/N-ethyl adjacent to an activating group) is 1. The van der Waals surface area contributed by atoms with Gasteiger partial charge in [-0.25, -0.2) is 4.79 Å². The van der Waals surface area contributed by atoms with Gasteiger partial charge in [-0.2, -0.15) is 0 Å². The fraction of sp³-hybridized carbons (Fsp3) is 0.467. The second-order valence-corrected chi connectivity index (χ2v) is 5.19. The van der Waals surface area contributed by atoms with Crippen molar-refractivity contribution in [1.29, 1.82) is 0 Å². The third-order valence-electron chi connectivity index (χ3n) is 3.83. The van der Waals surface area contributed by atoms with Gasteiger partial charge in [0.1, 0.15) is 0 Å². The number of benzene rings is 1. The van der Waals surface area contributed by atoms with E-state index in [0.29, 0.717) is 13.0 Å². The summed E-state index contributed by atoms with van der Waals surface area (Å²) < 4.78 is 0. The van der Waals surface area contributed by atoms with Gasteiger partial charge in [-0.05, 0) is 18.6 Å². The number of urea groups is 1. The Kier molecular flexibility index (Phi) is 4.67. The second kappa shape index (κ2) is 6.47. The summed E-state index contributed by atoms with van der Waals surface area (Å²) in [7, 11) is 1.99. The van der Waals surface area contributed by atoms with Crippen LogP contribution < -0.4 is 15.1 Å². The smallest absolute Gasteiger partial charge is 0.322 e. The van der Waals surface area contributed by atoms with E-state index in [-0.39, 0.29) is 12.6 Å². The van der Waals surface area contributed by atoms with Crippen LogP contribution in [0.1, 0.15) is 13.3 Å². The quantitative estimate of drug-likeness (QED) is 0.886. The fourth-order valence-corrected chi connectivity index (χ4v) is 2.43. The van der Waals surface area contributed by atoms with E-state index in [4.69, 9.17) is 5.11 Å². The Labute approximate surface area is 124 Å². The van der Waals surface area contributed by atoms with E-state index >= 15 is 0 Å². The molecule has 114 valence electrons. The highest BCUT2D eigenvalue weighted by molar-refractivity contribution is 5.96. The van der Waals surface area contributed by atoms with Crippen LogP contribution in [0.5, 0.6) is 0 Å². The number of carbonyl (C=O) groups is 2. The standard InChI is InChI=1S/C15H21N3O3/c1-3-11(14(19)20)10-16-15(21)18-9-8-17(2)12-6-4-5-7-13(12)18/h4-7,11H,3,8-10H2,1-2H3,(H,16,21)(H,19,20). The van der Waals surface area contributed by atoms with Crippen molar-refractivity contribution in [2.75, 3.05) is 36.5 Å². The Morgan fingerprint density at radius 1 is 1.29 bits per heavy atom.